The van der Waals surface area contributed by atoms with E-state index in [1.165, 1.54) is 38.0 Å². The second kappa shape index (κ2) is 9.11. The van der Waals surface area contributed by atoms with Crippen molar-refractivity contribution in [3.8, 4) is 0 Å². The van der Waals surface area contributed by atoms with E-state index in [1.54, 1.807) is 0 Å². The zero-order chi connectivity index (χ0) is 15.8. The minimum Gasteiger partial charge on any atom is -0.362 e. The summed E-state index contributed by atoms with van der Waals surface area (Å²) in [5.74, 6) is 0.908. The number of hydrogen-bond acceptors (Lipinski definition) is 2. The molecule has 0 aliphatic carbocycles. The van der Waals surface area contributed by atoms with Gasteiger partial charge in [0.25, 0.3) is 0 Å². The number of aryl methyl sites for hydroxylation is 1. The lowest BCUT2D eigenvalue weighted by Gasteiger charge is -2.30. The van der Waals surface area contributed by atoms with Crippen LogP contribution in [0.5, 0.6) is 0 Å². The zero-order valence-corrected chi connectivity index (χ0v) is 14.7. The molecular weight excluding hydrogens is 290 g/mol. The number of likely N-dealkylation sites (tertiary alicyclic amines) is 1. The molecule has 1 heterocycles. The number of rotatable bonds is 6. The third-order valence-corrected chi connectivity index (χ3v) is 4.68. The van der Waals surface area contributed by atoms with E-state index in [4.69, 9.17) is 12.2 Å². The molecule has 2 N–H and O–H groups in total. The summed E-state index contributed by atoms with van der Waals surface area (Å²) in [5, 5.41) is 7.26. The van der Waals surface area contributed by atoms with E-state index in [9.17, 15) is 0 Å². The van der Waals surface area contributed by atoms with Gasteiger partial charge in [-0.15, -0.1) is 0 Å². The molecule has 0 unspecified atom stereocenters. The maximum atomic E-state index is 5.35. The molecule has 1 fully saturated rings. The third-order valence-electron chi connectivity index (χ3n) is 4.43. The van der Waals surface area contributed by atoms with Gasteiger partial charge in [0, 0.05) is 12.2 Å². The Morgan fingerprint density at radius 3 is 2.55 bits per heavy atom. The Bertz CT molecular complexity index is 450. The predicted molar refractivity (Wildman–Crippen MR) is 99.5 cm³/mol. The molecule has 0 amide bonds. The van der Waals surface area contributed by atoms with Crippen molar-refractivity contribution in [3.63, 3.8) is 0 Å². The largest absolute Gasteiger partial charge is 0.362 e. The monoisotopic (exact) mass is 319 g/mol. The zero-order valence-electron chi connectivity index (χ0n) is 13.9. The van der Waals surface area contributed by atoms with Gasteiger partial charge < -0.3 is 15.5 Å². The van der Waals surface area contributed by atoms with E-state index >= 15 is 0 Å². The number of benzene rings is 1. The third kappa shape index (κ3) is 5.93. The van der Waals surface area contributed by atoms with E-state index in [0.29, 0.717) is 0 Å². The van der Waals surface area contributed by atoms with Crippen molar-refractivity contribution < 1.29 is 0 Å². The van der Waals surface area contributed by atoms with Gasteiger partial charge in [-0.3, -0.25) is 0 Å². The number of hydrogen-bond donors (Lipinski definition) is 2. The van der Waals surface area contributed by atoms with E-state index in [-0.39, 0.29) is 0 Å². The highest BCUT2D eigenvalue weighted by Crippen LogP contribution is 2.15. The molecule has 122 valence electrons. The van der Waals surface area contributed by atoms with Crippen molar-refractivity contribution in [2.24, 2.45) is 5.92 Å². The molecule has 1 aromatic carbocycles. The maximum Gasteiger partial charge on any atom is 0.170 e. The second-order valence-electron chi connectivity index (χ2n) is 6.31. The SMILES string of the molecule is CCc1ccc(NC(=S)NCCCN2CCC(C)CC2)cc1. The van der Waals surface area contributed by atoms with Gasteiger partial charge >= 0.3 is 0 Å². The Kier molecular flexibility index (Phi) is 7.13. The summed E-state index contributed by atoms with van der Waals surface area (Å²) >= 11 is 5.35. The number of nitrogens with zero attached hydrogens (tertiary/aromatic N) is 1. The van der Waals surface area contributed by atoms with Crippen LogP contribution in [0, 0.1) is 5.92 Å². The van der Waals surface area contributed by atoms with Crippen LogP contribution >= 0.6 is 12.2 Å². The molecule has 3 nitrogen and oxygen atoms in total. The van der Waals surface area contributed by atoms with Crippen molar-refractivity contribution >= 4 is 23.0 Å². The Morgan fingerprint density at radius 2 is 1.91 bits per heavy atom. The minimum atomic E-state index is 0.719. The first-order valence-electron chi connectivity index (χ1n) is 8.53. The lowest BCUT2D eigenvalue weighted by Crippen LogP contribution is -2.36. The first-order valence-corrected chi connectivity index (χ1v) is 8.94. The van der Waals surface area contributed by atoms with Crippen LogP contribution in [-0.4, -0.2) is 36.2 Å². The normalized spacial score (nSPS) is 16.5. The molecule has 1 aliphatic heterocycles. The van der Waals surface area contributed by atoms with Crippen LogP contribution in [0.4, 0.5) is 5.69 Å². The fourth-order valence-corrected chi connectivity index (χ4v) is 3.01. The summed E-state index contributed by atoms with van der Waals surface area (Å²) in [5.41, 5.74) is 2.40. The molecular formula is C18H29N3S. The highest BCUT2D eigenvalue weighted by atomic mass is 32.1. The van der Waals surface area contributed by atoms with E-state index in [1.807, 2.05) is 0 Å². The topological polar surface area (TPSA) is 27.3 Å². The van der Waals surface area contributed by atoms with Crippen LogP contribution in [0.2, 0.25) is 0 Å². The molecule has 1 saturated heterocycles. The van der Waals surface area contributed by atoms with Gasteiger partial charge in [-0.25, -0.2) is 0 Å². The van der Waals surface area contributed by atoms with Crippen molar-refractivity contribution in [1.82, 2.24) is 10.2 Å². The van der Waals surface area contributed by atoms with Gasteiger partial charge in [0.1, 0.15) is 0 Å². The highest BCUT2D eigenvalue weighted by Gasteiger charge is 2.14. The molecule has 0 atom stereocenters. The van der Waals surface area contributed by atoms with E-state index in [2.05, 4.69) is 53.6 Å². The summed E-state index contributed by atoms with van der Waals surface area (Å²) < 4.78 is 0. The Balaban J connectivity index is 1.59. The molecule has 0 spiro atoms. The molecule has 1 aromatic rings. The highest BCUT2D eigenvalue weighted by molar-refractivity contribution is 7.80. The average molecular weight is 320 g/mol. The van der Waals surface area contributed by atoms with Crippen molar-refractivity contribution in [2.75, 3.05) is 31.5 Å². The Morgan fingerprint density at radius 1 is 1.23 bits per heavy atom. The first kappa shape index (κ1) is 17.2. The van der Waals surface area contributed by atoms with Gasteiger partial charge in [-0.05, 0) is 81.1 Å². The number of nitrogens with one attached hydrogen (secondary N) is 2. The summed E-state index contributed by atoms with van der Waals surface area (Å²) in [6.45, 7) is 9.15. The molecule has 0 bridgehead atoms. The summed E-state index contributed by atoms with van der Waals surface area (Å²) in [6, 6.07) is 8.45. The molecule has 0 saturated carbocycles. The van der Waals surface area contributed by atoms with Crippen molar-refractivity contribution in [2.45, 2.75) is 39.5 Å². The predicted octanol–water partition coefficient (Wildman–Crippen LogP) is 3.66. The smallest absolute Gasteiger partial charge is 0.170 e. The fraction of sp³-hybridized carbons (Fsp3) is 0.611. The Labute approximate surface area is 140 Å². The lowest BCUT2D eigenvalue weighted by atomic mass is 9.99. The van der Waals surface area contributed by atoms with E-state index < -0.39 is 0 Å². The minimum absolute atomic E-state index is 0.719. The summed E-state index contributed by atoms with van der Waals surface area (Å²) in [6.07, 6.45) is 4.91. The van der Waals surface area contributed by atoms with Crippen LogP contribution in [0.1, 0.15) is 38.7 Å². The molecule has 1 aliphatic rings. The van der Waals surface area contributed by atoms with Crippen LogP contribution < -0.4 is 10.6 Å². The van der Waals surface area contributed by atoms with Gasteiger partial charge in [-0.1, -0.05) is 26.0 Å². The van der Waals surface area contributed by atoms with Gasteiger partial charge in [-0.2, -0.15) is 0 Å². The quantitative estimate of drug-likeness (QED) is 0.618. The number of piperidine rings is 1. The molecule has 0 radical (unpaired) electrons. The van der Waals surface area contributed by atoms with E-state index in [0.717, 1.165) is 36.1 Å². The summed E-state index contributed by atoms with van der Waals surface area (Å²) in [7, 11) is 0. The van der Waals surface area contributed by atoms with Crippen LogP contribution in [0.15, 0.2) is 24.3 Å². The fourth-order valence-electron chi connectivity index (χ4n) is 2.79. The van der Waals surface area contributed by atoms with Crippen LogP contribution in [0.25, 0.3) is 0 Å². The van der Waals surface area contributed by atoms with Crippen molar-refractivity contribution in [1.29, 1.82) is 0 Å². The average Bonchev–Trinajstić information content (AvgIpc) is 2.54. The van der Waals surface area contributed by atoms with Crippen LogP contribution in [-0.2, 0) is 6.42 Å². The van der Waals surface area contributed by atoms with Crippen LogP contribution in [0.3, 0.4) is 0 Å². The summed E-state index contributed by atoms with van der Waals surface area (Å²) in [4.78, 5) is 2.57. The standard InChI is InChI=1S/C18H29N3S/c1-3-16-5-7-17(8-6-16)20-18(22)19-11-4-12-21-13-9-15(2)10-14-21/h5-8,15H,3-4,9-14H2,1-2H3,(H2,19,20,22). The Hall–Kier alpha value is -1.13. The second-order valence-corrected chi connectivity index (χ2v) is 6.72. The first-order chi connectivity index (χ1) is 10.7. The number of anilines is 1. The lowest BCUT2D eigenvalue weighted by molar-refractivity contribution is 0.191. The number of thiocarbonyl (C=S) groups is 1. The van der Waals surface area contributed by atoms with Gasteiger partial charge in [0.15, 0.2) is 5.11 Å². The van der Waals surface area contributed by atoms with Crippen molar-refractivity contribution in [3.05, 3.63) is 29.8 Å². The molecule has 0 aromatic heterocycles. The molecule has 22 heavy (non-hydrogen) atoms. The van der Waals surface area contributed by atoms with Gasteiger partial charge in [0.2, 0.25) is 0 Å². The molecule has 2 rings (SSSR count). The maximum absolute atomic E-state index is 5.35. The molecule has 4 heteroatoms. The van der Waals surface area contributed by atoms with Gasteiger partial charge in [0.05, 0.1) is 0 Å².